The lowest BCUT2D eigenvalue weighted by Gasteiger charge is -2.25. The molecule has 0 saturated carbocycles. The van der Waals surface area contributed by atoms with E-state index < -0.39 is 10.0 Å². The molecule has 0 amide bonds. The number of morpholine rings is 1. The van der Waals surface area contributed by atoms with Crippen LogP contribution in [0.2, 0.25) is 0 Å². The molecule has 0 spiro atoms. The zero-order valence-electron chi connectivity index (χ0n) is 13.6. The predicted molar refractivity (Wildman–Crippen MR) is 88.2 cm³/mol. The molecule has 132 valence electrons. The molecule has 0 atom stereocenters. The van der Waals surface area contributed by atoms with Gasteiger partial charge >= 0.3 is 0 Å². The molecule has 1 N–H and O–H groups in total. The molecule has 1 fully saturated rings. The van der Waals surface area contributed by atoms with E-state index in [0.717, 1.165) is 43.5 Å². The molecule has 8 nitrogen and oxygen atoms in total. The number of nitrogens with one attached hydrogen (secondary N) is 1. The summed E-state index contributed by atoms with van der Waals surface area (Å²) in [6.07, 6.45) is 0. The average molecular weight is 372 g/mol. The third-order valence-electron chi connectivity index (χ3n) is 3.74. The molecule has 3 rings (SSSR count). The molecular weight excluding hydrogens is 352 g/mol. The summed E-state index contributed by atoms with van der Waals surface area (Å²) in [5.41, 5.74) is 1.31. The number of hydrogen-bond acceptors (Lipinski definition) is 8. The molecule has 1 saturated heterocycles. The van der Waals surface area contributed by atoms with Gasteiger partial charge in [-0.15, -0.1) is 11.3 Å². The molecule has 0 aromatic carbocycles. The molecule has 1 aliphatic heterocycles. The highest BCUT2D eigenvalue weighted by Gasteiger charge is 2.24. The fourth-order valence-corrected chi connectivity index (χ4v) is 4.71. The third-order valence-corrected chi connectivity index (χ3v) is 6.28. The van der Waals surface area contributed by atoms with Gasteiger partial charge in [-0.05, 0) is 13.8 Å². The summed E-state index contributed by atoms with van der Waals surface area (Å²) >= 11 is 1.45. The molecule has 0 aliphatic carbocycles. The summed E-state index contributed by atoms with van der Waals surface area (Å²) in [5, 5.41) is 6.38. The van der Waals surface area contributed by atoms with Crippen molar-refractivity contribution in [3.8, 4) is 0 Å². The van der Waals surface area contributed by atoms with Crippen molar-refractivity contribution in [2.24, 2.45) is 0 Å². The van der Waals surface area contributed by atoms with Crippen molar-refractivity contribution in [1.29, 1.82) is 0 Å². The van der Waals surface area contributed by atoms with Crippen molar-refractivity contribution >= 4 is 21.4 Å². The first-order valence-corrected chi connectivity index (χ1v) is 9.98. The number of aromatic nitrogens is 2. The van der Waals surface area contributed by atoms with Crippen molar-refractivity contribution in [2.75, 3.05) is 26.3 Å². The number of nitrogens with zero attached hydrogens (tertiary/aromatic N) is 3. The van der Waals surface area contributed by atoms with E-state index in [1.165, 1.54) is 11.3 Å². The average Bonchev–Trinajstić information content (AvgIpc) is 3.13. The molecule has 0 bridgehead atoms. The van der Waals surface area contributed by atoms with Crippen LogP contribution in [0, 0.1) is 13.8 Å². The first-order chi connectivity index (χ1) is 11.5. The van der Waals surface area contributed by atoms with Crippen molar-refractivity contribution in [3.05, 3.63) is 27.5 Å². The standard InChI is InChI=1S/C14H20N4O4S2/c1-10-14(11(2)22-17-10)24(19,20)15-7-13-16-12(9-23-13)8-18-3-5-21-6-4-18/h9,15H,3-8H2,1-2H3. The number of rotatable bonds is 6. The fourth-order valence-electron chi connectivity index (χ4n) is 2.58. The number of thiazole rings is 1. The molecular formula is C14H20N4O4S2. The molecule has 10 heteroatoms. The summed E-state index contributed by atoms with van der Waals surface area (Å²) in [4.78, 5) is 6.88. The van der Waals surface area contributed by atoms with Crippen molar-refractivity contribution in [1.82, 2.24) is 19.8 Å². The van der Waals surface area contributed by atoms with Crippen LogP contribution in [-0.2, 0) is 27.8 Å². The van der Waals surface area contributed by atoms with E-state index in [4.69, 9.17) is 9.26 Å². The topological polar surface area (TPSA) is 97.6 Å². The van der Waals surface area contributed by atoms with E-state index in [-0.39, 0.29) is 17.2 Å². The minimum absolute atomic E-state index is 0.104. The number of sulfonamides is 1. The molecule has 24 heavy (non-hydrogen) atoms. The Balaban J connectivity index is 1.61. The number of hydrogen-bond donors (Lipinski definition) is 1. The summed E-state index contributed by atoms with van der Waals surface area (Å²) in [6.45, 7) is 7.38. The third kappa shape index (κ3) is 4.01. The van der Waals surface area contributed by atoms with E-state index >= 15 is 0 Å². The maximum atomic E-state index is 12.4. The summed E-state index contributed by atoms with van der Waals surface area (Å²) in [5.74, 6) is 0.284. The quantitative estimate of drug-likeness (QED) is 0.809. The van der Waals surface area contributed by atoms with Crippen LogP contribution in [0.3, 0.4) is 0 Å². The Bertz CT molecular complexity index is 774. The molecule has 3 heterocycles. The van der Waals surface area contributed by atoms with Gasteiger partial charge in [-0.25, -0.2) is 18.1 Å². The SMILES string of the molecule is Cc1noc(C)c1S(=O)(=O)NCc1nc(CN2CCOCC2)cs1. The van der Waals surface area contributed by atoms with Crippen LogP contribution in [0.4, 0.5) is 0 Å². The Hall–Kier alpha value is -1.33. The number of aryl methyl sites for hydroxylation is 2. The Kier molecular flexibility index (Phi) is 5.30. The zero-order valence-corrected chi connectivity index (χ0v) is 15.2. The Labute approximate surface area is 144 Å². The van der Waals surface area contributed by atoms with Gasteiger partial charge in [-0.2, -0.15) is 0 Å². The summed E-state index contributed by atoms with van der Waals surface area (Å²) < 4.78 is 37.6. The Morgan fingerprint density at radius 1 is 1.33 bits per heavy atom. The Morgan fingerprint density at radius 3 is 2.75 bits per heavy atom. The van der Waals surface area contributed by atoms with Crippen LogP contribution >= 0.6 is 11.3 Å². The van der Waals surface area contributed by atoms with Gasteiger partial charge in [0, 0.05) is 25.0 Å². The van der Waals surface area contributed by atoms with Crippen LogP contribution in [0.15, 0.2) is 14.8 Å². The molecule has 0 unspecified atom stereocenters. The number of ether oxygens (including phenoxy) is 1. The normalized spacial score (nSPS) is 16.6. The second kappa shape index (κ2) is 7.28. The largest absolute Gasteiger partial charge is 0.379 e. The van der Waals surface area contributed by atoms with E-state index in [2.05, 4.69) is 19.8 Å². The van der Waals surface area contributed by atoms with E-state index in [1.54, 1.807) is 13.8 Å². The van der Waals surface area contributed by atoms with Gasteiger partial charge in [0.2, 0.25) is 10.0 Å². The molecule has 2 aromatic heterocycles. The summed E-state index contributed by atoms with van der Waals surface area (Å²) in [6, 6.07) is 0. The maximum absolute atomic E-state index is 12.4. The van der Waals surface area contributed by atoms with Gasteiger partial charge in [0.15, 0.2) is 5.76 Å². The van der Waals surface area contributed by atoms with Crippen molar-refractivity contribution < 1.29 is 17.7 Å². The minimum Gasteiger partial charge on any atom is -0.379 e. The van der Waals surface area contributed by atoms with E-state index in [9.17, 15) is 8.42 Å². The van der Waals surface area contributed by atoms with Gasteiger partial charge < -0.3 is 9.26 Å². The minimum atomic E-state index is -3.66. The lowest BCUT2D eigenvalue weighted by molar-refractivity contribution is 0.0337. The van der Waals surface area contributed by atoms with Crippen LogP contribution in [0.25, 0.3) is 0 Å². The van der Waals surface area contributed by atoms with Crippen LogP contribution in [0.5, 0.6) is 0 Å². The molecule has 2 aromatic rings. The van der Waals surface area contributed by atoms with Gasteiger partial charge in [0.25, 0.3) is 0 Å². The highest BCUT2D eigenvalue weighted by atomic mass is 32.2. The van der Waals surface area contributed by atoms with Crippen LogP contribution in [-0.4, -0.2) is 49.8 Å². The predicted octanol–water partition coefficient (Wildman–Crippen LogP) is 1.06. The van der Waals surface area contributed by atoms with Crippen molar-refractivity contribution in [2.45, 2.75) is 31.8 Å². The fraction of sp³-hybridized carbons (Fsp3) is 0.571. The lowest BCUT2D eigenvalue weighted by atomic mass is 10.3. The van der Waals surface area contributed by atoms with Gasteiger partial charge in [0.05, 0.1) is 25.5 Å². The maximum Gasteiger partial charge on any atom is 0.246 e. The first-order valence-electron chi connectivity index (χ1n) is 7.61. The lowest BCUT2D eigenvalue weighted by Crippen LogP contribution is -2.35. The van der Waals surface area contributed by atoms with E-state index in [1.807, 2.05) is 5.38 Å². The van der Waals surface area contributed by atoms with Crippen LogP contribution < -0.4 is 4.72 Å². The monoisotopic (exact) mass is 372 g/mol. The van der Waals surface area contributed by atoms with Crippen LogP contribution in [0.1, 0.15) is 22.2 Å². The Morgan fingerprint density at radius 2 is 2.08 bits per heavy atom. The van der Waals surface area contributed by atoms with Gasteiger partial charge in [0.1, 0.15) is 15.6 Å². The van der Waals surface area contributed by atoms with Gasteiger partial charge in [-0.3, -0.25) is 4.90 Å². The van der Waals surface area contributed by atoms with Crippen molar-refractivity contribution in [3.63, 3.8) is 0 Å². The first kappa shape index (κ1) is 17.5. The summed E-state index contributed by atoms with van der Waals surface area (Å²) in [7, 11) is -3.66. The smallest absolute Gasteiger partial charge is 0.246 e. The second-order valence-electron chi connectivity index (χ2n) is 5.60. The van der Waals surface area contributed by atoms with Gasteiger partial charge in [-0.1, -0.05) is 5.16 Å². The molecule has 1 aliphatic rings. The van der Waals surface area contributed by atoms with E-state index in [0.29, 0.717) is 5.69 Å². The zero-order chi connectivity index (χ0) is 17.2. The highest BCUT2D eigenvalue weighted by Crippen LogP contribution is 2.19. The highest BCUT2D eigenvalue weighted by molar-refractivity contribution is 7.89. The molecule has 0 radical (unpaired) electrons. The second-order valence-corrected chi connectivity index (χ2v) is 8.25.